The zero-order valence-corrected chi connectivity index (χ0v) is 16.3. The molecule has 2 aliphatic rings. The van der Waals surface area contributed by atoms with E-state index in [-0.39, 0.29) is 30.0 Å². The Balaban J connectivity index is 1.41. The van der Waals surface area contributed by atoms with Crippen molar-refractivity contribution in [2.45, 2.75) is 13.3 Å². The minimum atomic E-state index is -0.684. The fourth-order valence-electron chi connectivity index (χ4n) is 3.59. The lowest BCUT2D eigenvalue weighted by Crippen LogP contribution is -2.35. The largest absolute Gasteiger partial charge is 0.443 e. The van der Waals surface area contributed by atoms with Crippen molar-refractivity contribution in [1.29, 1.82) is 0 Å². The van der Waals surface area contributed by atoms with E-state index in [0.29, 0.717) is 10.7 Å². The predicted octanol–water partition coefficient (Wildman–Crippen LogP) is 2.80. The van der Waals surface area contributed by atoms with Crippen LogP contribution < -0.4 is 4.90 Å². The molecule has 29 heavy (non-hydrogen) atoms. The number of nitrogens with zero attached hydrogens (tertiary/aromatic N) is 2. The summed E-state index contributed by atoms with van der Waals surface area (Å²) >= 11 is 6.13. The SMILES string of the molecule is Cc1c(Cl)cccc1N1C[C@@H](C(=O)OCN2C(=O)c3ccccc3C2=O)CC1=O. The van der Waals surface area contributed by atoms with Crippen molar-refractivity contribution >= 4 is 41.0 Å². The van der Waals surface area contributed by atoms with Crippen molar-refractivity contribution in [2.75, 3.05) is 18.2 Å². The molecule has 3 amide bonds. The molecule has 0 unspecified atom stereocenters. The Labute approximate surface area is 171 Å². The monoisotopic (exact) mass is 412 g/mol. The Bertz CT molecular complexity index is 1020. The van der Waals surface area contributed by atoms with Crippen LogP contribution in [-0.4, -0.2) is 41.9 Å². The average molecular weight is 413 g/mol. The number of amides is 3. The molecule has 7 nitrogen and oxygen atoms in total. The number of hydrogen-bond acceptors (Lipinski definition) is 5. The molecule has 2 aromatic rings. The molecule has 0 aliphatic carbocycles. The highest BCUT2D eigenvalue weighted by Gasteiger charge is 2.39. The summed E-state index contributed by atoms with van der Waals surface area (Å²) in [4.78, 5) is 52.0. The maximum Gasteiger partial charge on any atom is 0.313 e. The first kappa shape index (κ1) is 19.1. The molecule has 0 aromatic heterocycles. The summed E-state index contributed by atoms with van der Waals surface area (Å²) in [5, 5.41) is 0.534. The number of carbonyl (C=O) groups is 4. The quantitative estimate of drug-likeness (QED) is 0.569. The van der Waals surface area contributed by atoms with Gasteiger partial charge in [0.05, 0.1) is 17.0 Å². The Morgan fingerprint density at radius 1 is 1.07 bits per heavy atom. The molecule has 8 heteroatoms. The summed E-state index contributed by atoms with van der Waals surface area (Å²) in [5.74, 6) is -2.53. The molecular formula is C21H17ClN2O5. The third kappa shape index (κ3) is 3.27. The molecule has 2 aromatic carbocycles. The molecule has 0 spiro atoms. The minimum Gasteiger partial charge on any atom is -0.443 e. The fourth-order valence-corrected chi connectivity index (χ4v) is 3.76. The van der Waals surface area contributed by atoms with Crippen molar-refractivity contribution in [3.8, 4) is 0 Å². The summed E-state index contributed by atoms with van der Waals surface area (Å²) in [6.07, 6.45) is -0.00704. The Morgan fingerprint density at radius 2 is 1.72 bits per heavy atom. The highest BCUT2D eigenvalue weighted by atomic mass is 35.5. The predicted molar refractivity (Wildman–Crippen MR) is 105 cm³/mol. The number of fused-ring (bicyclic) bond motifs is 1. The lowest BCUT2D eigenvalue weighted by Gasteiger charge is -2.20. The van der Waals surface area contributed by atoms with Crippen LogP contribution in [0.15, 0.2) is 42.5 Å². The number of ether oxygens (including phenoxy) is 1. The van der Waals surface area contributed by atoms with Gasteiger partial charge >= 0.3 is 5.97 Å². The van der Waals surface area contributed by atoms with E-state index in [1.165, 1.54) is 4.90 Å². The summed E-state index contributed by atoms with van der Waals surface area (Å²) in [7, 11) is 0. The second-order valence-corrected chi connectivity index (χ2v) is 7.37. The maximum atomic E-state index is 12.5. The highest BCUT2D eigenvalue weighted by molar-refractivity contribution is 6.31. The van der Waals surface area contributed by atoms with Crippen molar-refractivity contribution in [2.24, 2.45) is 5.92 Å². The van der Waals surface area contributed by atoms with Gasteiger partial charge in [0.2, 0.25) is 5.91 Å². The first-order chi connectivity index (χ1) is 13.9. The van der Waals surface area contributed by atoms with Gasteiger partial charge in [0.25, 0.3) is 11.8 Å². The maximum absolute atomic E-state index is 12.5. The number of anilines is 1. The number of halogens is 1. The number of rotatable bonds is 4. The van der Waals surface area contributed by atoms with Gasteiger partial charge in [-0.3, -0.25) is 19.2 Å². The molecule has 1 atom stereocenters. The van der Waals surface area contributed by atoms with Crippen LogP contribution in [0.3, 0.4) is 0 Å². The van der Waals surface area contributed by atoms with Crippen molar-refractivity contribution in [3.63, 3.8) is 0 Å². The molecule has 0 bridgehead atoms. The first-order valence-electron chi connectivity index (χ1n) is 9.06. The number of imide groups is 1. The number of hydrogen-bond donors (Lipinski definition) is 0. The van der Waals surface area contributed by atoms with E-state index < -0.39 is 30.4 Å². The lowest BCUT2D eigenvalue weighted by molar-refractivity contribution is -0.151. The van der Waals surface area contributed by atoms with E-state index in [9.17, 15) is 19.2 Å². The average Bonchev–Trinajstić information content (AvgIpc) is 3.21. The van der Waals surface area contributed by atoms with Gasteiger partial charge in [-0.25, -0.2) is 4.90 Å². The van der Waals surface area contributed by atoms with Crippen molar-refractivity contribution in [1.82, 2.24) is 4.90 Å². The van der Waals surface area contributed by atoms with Gasteiger partial charge in [-0.1, -0.05) is 29.8 Å². The third-order valence-electron chi connectivity index (χ3n) is 5.20. The van der Waals surface area contributed by atoms with Gasteiger partial charge in [0, 0.05) is 23.7 Å². The van der Waals surface area contributed by atoms with Gasteiger partial charge in [0.15, 0.2) is 6.73 Å². The van der Waals surface area contributed by atoms with Gasteiger partial charge < -0.3 is 9.64 Å². The van der Waals surface area contributed by atoms with Crippen LogP contribution in [0.25, 0.3) is 0 Å². The molecule has 4 rings (SSSR count). The molecule has 0 radical (unpaired) electrons. The molecule has 2 aliphatic heterocycles. The normalized spacial score (nSPS) is 18.4. The summed E-state index contributed by atoms with van der Waals surface area (Å²) < 4.78 is 5.21. The van der Waals surface area contributed by atoms with Gasteiger partial charge in [-0.05, 0) is 36.8 Å². The fraction of sp³-hybridized carbons (Fsp3) is 0.238. The minimum absolute atomic E-state index is 0.00704. The van der Waals surface area contributed by atoms with E-state index >= 15 is 0 Å². The van der Waals surface area contributed by atoms with E-state index in [1.807, 2.05) is 0 Å². The second-order valence-electron chi connectivity index (χ2n) is 6.97. The zero-order chi connectivity index (χ0) is 20.7. The van der Waals surface area contributed by atoms with E-state index in [0.717, 1.165) is 10.5 Å². The van der Waals surface area contributed by atoms with Crippen LogP contribution in [0.1, 0.15) is 32.7 Å². The third-order valence-corrected chi connectivity index (χ3v) is 5.61. The van der Waals surface area contributed by atoms with Crippen molar-refractivity contribution in [3.05, 3.63) is 64.2 Å². The number of esters is 1. The van der Waals surface area contributed by atoms with Gasteiger partial charge in [-0.15, -0.1) is 0 Å². The summed E-state index contributed by atoms with van der Waals surface area (Å²) in [5.41, 5.74) is 1.97. The zero-order valence-electron chi connectivity index (χ0n) is 15.6. The van der Waals surface area contributed by atoms with Crippen LogP contribution >= 0.6 is 11.6 Å². The first-order valence-corrected chi connectivity index (χ1v) is 9.43. The van der Waals surface area contributed by atoms with Crippen LogP contribution in [0.5, 0.6) is 0 Å². The van der Waals surface area contributed by atoms with Crippen molar-refractivity contribution < 1.29 is 23.9 Å². The summed E-state index contributed by atoms with van der Waals surface area (Å²) in [6.45, 7) is 1.48. The Morgan fingerprint density at radius 3 is 2.38 bits per heavy atom. The second kappa shape index (κ2) is 7.33. The molecular weight excluding hydrogens is 396 g/mol. The Hall–Kier alpha value is -3.19. The highest BCUT2D eigenvalue weighted by Crippen LogP contribution is 2.32. The molecule has 1 saturated heterocycles. The van der Waals surface area contributed by atoms with E-state index in [4.69, 9.17) is 16.3 Å². The lowest BCUT2D eigenvalue weighted by atomic mass is 10.1. The smallest absolute Gasteiger partial charge is 0.313 e. The topological polar surface area (TPSA) is 84.0 Å². The van der Waals surface area contributed by atoms with Crippen LogP contribution in [0.4, 0.5) is 5.69 Å². The molecule has 0 saturated carbocycles. The van der Waals surface area contributed by atoms with E-state index in [1.54, 1.807) is 49.4 Å². The van der Waals surface area contributed by atoms with Gasteiger partial charge in [-0.2, -0.15) is 0 Å². The molecule has 0 N–H and O–H groups in total. The number of carbonyl (C=O) groups excluding carboxylic acids is 4. The summed E-state index contributed by atoms with van der Waals surface area (Å²) in [6, 6.07) is 11.7. The van der Waals surface area contributed by atoms with Crippen LogP contribution in [0, 0.1) is 12.8 Å². The molecule has 2 heterocycles. The number of benzene rings is 2. The molecule has 148 valence electrons. The van der Waals surface area contributed by atoms with Gasteiger partial charge in [0.1, 0.15) is 0 Å². The standard InChI is InChI=1S/C21H17ClN2O5/c1-12-16(22)7-4-8-17(12)23-10-13(9-18(23)25)21(28)29-11-24-19(26)14-5-2-3-6-15(14)20(24)27/h2-8,13H,9-11H2,1H3/t13-/m0/s1. The van der Waals surface area contributed by atoms with Crippen LogP contribution in [-0.2, 0) is 14.3 Å². The van der Waals surface area contributed by atoms with Crippen LogP contribution in [0.2, 0.25) is 5.02 Å². The Kier molecular flexibility index (Phi) is 4.84. The van der Waals surface area contributed by atoms with E-state index in [2.05, 4.69) is 0 Å². The molecule has 1 fully saturated rings.